The van der Waals surface area contributed by atoms with E-state index in [0.717, 1.165) is 25.7 Å². The molecule has 0 amide bonds. The summed E-state index contributed by atoms with van der Waals surface area (Å²) < 4.78 is 0. The predicted molar refractivity (Wildman–Crippen MR) is 98.9 cm³/mol. The minimum Gasteiger partial charge on any atom is -0.198 e. The molecule has 7 heteroatoms. The molecule has 0 spiro atoms. The first-order valence-corrected chi connectivity index (χ1v) is 10.0. The molecular weight excluding hydrogens is 360 g/mol. The second-order valence-electron chi connectivity index (χ2n) is 7.05. The van der Waals surface area contributed by atoms with Gasteiger partial charge >= 0.3 is 0 Å². The number of hydrogen-bond acceptors (Lipinski definition) is 7. The first-order chi connectivity index (χ1) is 11.9. The topological polar surface area (TPSA) is 46.2 Å². The van der Waals surface area contributed by atoms with Crippen molar-refractivity contribution in [3.8, 4) is 0 Å². The van der Waals surface area contributed by atoms with E-state index in [0.29, 0.717) is 0 Å². The summed E-state index contributed by atoms with van der Waals surface area (Å²) in [6.45, 7) is 7.71. The molecule has 140 valence electrons. The van der Waals surface area contributed by atoms with Gasteiger partial charge < -0.3 is 0 Å². The number of hydrogen-bond donors (Lipinski definition) is 0. The third-order valence-electron chi connectivity index (χ3n) is 3.68. The van der Waals surface area contributed by atoms with Gasteiger partial charge in [-0.25, -0.2) is 0 Å². The molecule has 2 heterocycles. The van der Waals surface area contributed by atoms with Crippen LogP contribution in [0.1, 0.15) is 50.3 Å². The van der Waals surface area contributed by atoms with Crippen LogP contribution in [-0.2, 0) is 37.7 Å². The van der Waals surface area contributed by atoms with Crippen molar-refractivity contribution < 1.29 is 24.9 Å². The third kappa shape index (κ3) is 8.42. The average molecular weight is 387 g/mol. The molecule has 0 unspecified atom stereocenters. The molecule has 0 bridgehead atoms. The number of thiophene rings is 2. The van der Waals surface area contributed by atoms with Crippen LogP contribution >= 0.6 is 22.7 Å². The molecule has 0 radical (unpaired) electrons. The maximum atomic E-state index is 5.24. The highest BCUT2D eigenvalue weighted by molar-refractivity contribution is 7.10. The normalized spacial score (nSPS) is 12.6. The van der Waals surface area contributed by atoms with Crippen LogP contribution < -0.4 is 0 Å². The standard InChI is InChI=1S/C18H26O5S2/c1-17(2,11-9-15-7-5-13-24-15)19-21-23-22-20-18(3,4)12-10-16-8-6-14-25-16/h5-8,13-14H,9-12H2,1-4H3. The van der Waals surface area contributed by atoms with E-state index in [1.165, 1.54) is 9.75 Å². The SMILES string of the molecule is CC(C)(CCc1cccs1)OOOOOC(C)(C)CCc1cccs1. The van der Waals surface area contributed by atoms with Crippen LogP contribution in [0.15, 0.2) is 35.0 Å². The summed E-state index contributed by atoms with van der Waals surface area (Å²) in [5.41, 5.74) is -0.996. The summed E-state index contributed by atoms with van der Waals surface area (Å²) in [5, 5.41) is 18.0. The van der Waals surface area contributed by atoms with Crippen molar-refractivity contribution in [2.45, 2.75) is 64.6 Å². The van der Waals surface area contributed by atoms with Gasteiger partial charge in [0.15, 0.2) is 0 Å². The van der Waals surface area contributed by atoms with Gasteiger partial charge in [0.25, 0.3) is 0 Å². The molecule has 0 fully saturated rings. The Kier molecular flexibility index (Phi) is 8.02. The second-order valence-corrected chi connectivity index (χ2v) is 9.11. The van der Waals surface area contributed by atoms with E-state index in [1.54, 1.807) is 22.7 Å². The quantitative estimate of drug-likeness (QED) is 0.267. The third-order valence-corrected chi connectivity index (χ3v) is 5.55. The lowest BCUT2D eigenvalue weighted by Gasteiger charge is -2.23. The van der Waals surface area contributed by atoms with Crippen LogP contribution in [0.2, 0.25) is 0 Å². The summed E-state index contributed by atoms with van der Waals surface area (Å²) in [6.07, 6.45) is 3.43. The minimum atomic E-state index is -0.498. The smallest absolute Gasteiger partial charge is 0.102 e. The molecule has 5 nitrogen and oxygen atoms in total. The van der Waals surface area contributed by atoms with Crippen LogP contribution in [0.4, 0.5) is 0 Å². The first-order valence-electron chi connectivity index (χ1n) is 8.28. The minimum absolute atomic E-state index is 0.498. The summed E-state index contributed by atoms with van der Waals surface area (Å²) in [6, 6.07) is 8.29. The second kappa shape index (κ2) is 9.78. The van der Waals surface area contributed by atoms with Crippen molar-refractivity contribution >= 4 is 22.7 Å². The Hall–Kier alpha value is -0.800. The fourth-order valence-corrected chi connectivity index (χ4v) is 3.48. The maximum absolute atomic E-state index is 5.24. The Morgan fingerprint density at radius 2 is 1.16 bits per heavy atom. The fraction of sp³-hybridized carbons (Fsp3) is 0.556. The van der Waals surface area contributed by atoms with Crippen LogP contribution in [0.25, 0.3) is 0 Å². The molecule has 0 aromatic carbocycles. The van der Waals surface area contributed by atoms with Gasteiger partial charge in [-0.3, -0.25) is 0 Å². The van der Waals surface area contributed by atoms with Gasteiger partial charge in [-0.2, -0.15) is 9.78 Å². The highest BCUT2D eigenvalue weighted by atomic mass is 32.1. The van der Waals surface area contributed by atoms with Crippen molar-refractivity contribution in [2.24, 2.45) is 0 Å². The molecule has 0 saturated heterocycles. The van der Waals surface area contributed by atoms with E-state index >= 15 is 0 Å². The zero-order valence-corrected chi connectivity index (χ0v) is 16.8. The summed E-state index contributed by atoms with van der Waals surface area (Å²) in [5.74, 6) is 0. The molecule has 0 aliphatic heterocycles. The zero-order valence-electron chi connectivity index (χ0n) is 15.2. The molecule has 2 aromatic rings. The monoisotopic (exact) mass is 386 g/mol. The van der Waals surface area contributed by atoms with Crippen molar-refractivity contribution in [3.63, 3.8) is 0 Å². The molecule has 0 aliphatic rings. The van der Waals surface area contributed by atoms with Gasteiger partial charge in [0.2, 0.25) is 0 Å². The van der Waals surface area contributed by atoms with Gasteiger partial charge in [0.05, 0.1) is 0 Å². The van der Waals surface area contributed by atoms with Crippen molar-refractivity contribution in [1.82, 2.24) is 0 Å². The lowest BCUT2D eigenvalue weighted by Crippen LogP contribution is -2.27. The van der Waals surface area contributed by atoms with E-state index in [2.05, 4.69) is 38.0 Å². The van der Waals surface area contributed by atoms with E-state index in [1.807, 2.05) is 39.8 Å². The van der Waals surface area contributed by atoms with Gasteiger partial charge in [-0.15, -0.1) is 22.7 Å². The van der Waals surface area contributed by atoms with Crippen molar-refractivity contribution in [1.29, 1.82) is 0 Å². The highest BCUT2D eigenvalue weighted by Crippen LogP contribution is 2.22. The van der Waals surface area contributed by atoms with Gasteiger partial charge in [0, 0.05) is 9.75 Å². The molecule has 0 aliphatic carbocycles. The maximum Gasteiger partial charge on any atom is 0.102 e. The Morgan fingerprint density at radius 1 is 0.720 bits per heavy atom. The summed E-state index contributed by atoms with van der Waals surface area (Å²) in [7, 11) is 0. The largest absolute Gasteiger partial charge is 0.198 e. The van der Waals surface area contributed by atoms with Crippen molar-refractivity contribution in [3.05, 3.63) is 44.8 Å². The molecular formula is C18H26O5S2. The first kappa shape index (κ1) is 20.5. The number of aryl methyl sites for hydroxylation is 2. The van der Waals surface area contributed by atoms with E-state index < -0.39 is 11.2 Å². The average Bonchev–Trinajstić information content (AvgIpc) is 3.24. The number of rotatable bonds is 12. The highest BCUT2D eigenvalue weighted by Gasteiger charge is 2.23. The lowest BCUT2D eigenvalue weighted by molar-refractivity contribution is -0.726. The molecule has 25 heavy (non-hydrogen) atoms. The zero-order chi connectivity index (χ0) is 18.2. The van der Waals surface area contributed by atoms with Crippen LogP contribution in [-0.4, -0.2) is 11.2 Å². The lowest BCUT2D eigenvalue weighted by atomic mass is 10.0. The molecule has 0 atom stereocenters. The Labute approximate surface area is 157 Å². The predicted octanol–water partition coefficient (Wildman–Crippen LogP) is 5.68. The molecule has 0 N–H and O–H groups in total. The summed E-state index contributed by atoms with van der Waals surface area (Å²) >= 11 is 3.46. The summed E-state index contributed by atoms with van der Waals surface area (Å²) in [4.78, 5) is 13.1. The fourth-order valence-electron chi connectivity index (χ4n) is 2.06. The van der Waals surface area contributed by atoms with Crippen molar-refractivity contribution in [2.75, 3.05) is 0 Å². The van der Waals surface area contributed by atoms with Gasteiger partial charge in [0.1, 0.15) is 11.2 Å². The molecule has 2 rings (SSSR count). The molecule has 0 saturated carbocycles. The Balaban J connectivity index is 1.56. The van der Waals surface area contributed by atoms with Crippen LogP contribution in [0, 0.1) is 0 Å². The van der Waals surface area contributed by atoms with E-state index in [9.17, 15) is 0 Å². The van der Waals surface area contributed by atoms with E-state index in [-0.39, 0.29) is 0 Å². The van der Waals surface area contributed by atoms with Crippen LogP contribution in [0.3, 0.4) is 0 Å². The Morgan fingerprint density at radius 3 is 1.52 bits per heavy atom. The van der Waals surface area contributed by atoms with Crippen LogP contribution in [0.5, 0.6) is 0 Å². The van der Waals surface area contributed by atoms with Gasteiger partial charge in [-0.1, -0.05) is 12.1 Å². The van der Waals surface area contributed by atoms with E-state index in [4.69, 9.17) is 9.78 Å². The molecule has 2 aromatic heterocycles. The van der Waals surface area contributed by atoms with Gasteiger partial charge in [-0.05, 0) is 91.4 Å². The Bertz CT molecular complexity index is 526.